The normalized spacial score (nSPS) is 16.2. The predicted octanol–water partition coefficient (Wildman–Crippen LogP) is 5.81. The molecule has 1 atom stereocenters. The van der Waals surface area contributed by atoms with Gasteiger partial charge in [0.2, 0.25) is 5.91 Å². The zero-order valence-corrected chi connectivity index (χ0v) is 18.8. The van der Waals surface area contributed by atoms with Gasteiger partial charge in [-0.25, -0.2) is 4.98 Å². The van der Waals surface area contributed by atoms with Crippen molar-refractivity contribution < 1.29 is 4.79 Å². The number of hydrogen-bond acceptors (Lipinski definition) is 2. The highest BCUT2D eigenvalue weighted by molar-refractivity contribution is 5.98. The predicted molar refractivity (Wildman–Crippen MR) is 130 cm³/mol. The van der Waals surface area contributed by atoms with E-state index in [9.17, 15) is 4.79 Å². The Kier molecular flexibility index (Phi) is 5.52. The Labute approximate surface area is 189 Å². The first-order chi connectivity index (χ1) is 15.6. The molecule has 0 aliphatic carbocycles. The van der Waals surface area contributed by atoms with Crippen molar-refractivity contribution in [3.63, 3.8) is 0 Å². The number of carbonyl (C=O) groups excluding carboxylic acids is 1. The summed E-state index contributed by atoms with van der Waals surface area (Å²) >= 11 is 0. The number of fused-ring (bicyclic) bond motifs is 1. The highest BCUT2D eigenvalue weighted by Gasteiger charge is 2.35. The van der Waals surface area contributed by atoms with Crippen molar-refractivity contribution in [2.24, 2.45) is 0 Å². The van der Waals surface area contributed by atoms with Crippen molar-refractivity contribution in [2.45, 2.75) is 45.6 Å². The summed E-state index contributed by atoms with van der Waals surface area (Å²) in [7, 11) is 0. The number of amides is 1. The third-order valence-electron chi connectivity index (χ3n) is 6.57. The van der Waals surface area contributed by atoms with E-state index >= 15 is 0 Å². The van der Waals surface area contributed by atoms with E-state index in [1.807, 2.05) is 11.0 Å². The molecule has 0 spiro atoms. The Balaban J connectivity index is 1.44. The smallest absolute Gasteiger partial charge is 0.227 e. The first-order valence-electron chi connectivity index (χ1n) is 11.5. The fraction of sp³-hybridized carbons (Fsp3) is 0.286. The Morgan fingerprint density at radius 2 is 1.62 bits per heavy atom. The molecule has 2 heterocycles. The molecule has 1 aromatic heterocycles. The maximum Gasteiger partial charge on any atom is 0.227 e. The van der Waals surface area contributed by atoms with E-state index in [1.54, 1.807) is 0 Å². The highest BCUT2D eigenvalue weighted by atomic mass is 16.2. The summed E-state index contributed by atoms with van der Waals surface area (Å²) in [4.78, 5) is 20.1. The molecule has 0 bridgehead atoms. The summed E-state index contributed by atoms with van der Waals surface area (Å²) in [6.07, 6.45) is 2.58. The van der Waals surface area contributed by atoms with Gasteiger partial charge in [-0.2, -0.15) is 0 Å². The third kappa shape index (κ3) is 3.81. The number of carbonyl (C=O) groups is 1. The van der Waals surface area contributed by atoms with Crippen molar-refractivity contribution in [3.05, 3.63) is 95.3 Å². The van der Waals surface area contributed by atoms with Crippen LogP contribution in [0.25, 0.3) is 11.0 Å². The Morgan fingerprint density at radius 1 is 0.906 bits per heavy atom. The minimum Gasteiger partial charge on any atom is -0.328 e. The minimum atomic E-state index is 0.102. The molecule has 162 valence electrons. The van der Waals surface area contributed by atoms with Crippen molar-refractivity contribution in [1.82, 2.24) is 9.55 Å². The van der Waals surface area contributed by atoms with Gasteiger partial charge in [0.1, 0.15) is 5.82 Å². The Bertz CT molecular complexity index is 1240. The first kappa shape index (κ1) is 20.5. The lowest BCUT2D eigenvalue weighted by molar-refractivity contribution is -0.117. The van der Waals surface area contributed by atoms with E-state index in [-0.39, 0.29) is 11.8 Å². The van der Waals surface area contributed by atoms with E-state index < -0.39 is 0 Å². The Morgan fingerprint density at radius 3 is 2.41 bits per heavy atom. The van der Waals surface area contributed by atoms with Gasteiger partial charge in [-0.3, -0.25) is 4.79 Å². The number of nitrogens with zero attached hydrogens (tertiary/aromatic N) is 3. The molecule has 3 aromatic carbocycles. The second-order valence-electron chi connectivity index (χ2n) is 8.85. The second kappa shape index (κ2) is 8.62. The van der Waals surface area contributed by atoms with E-state index in [0.717, 1.165) is 53.1 Å². The molecular formula is C28H29N3O. The molecule has 0 saturated carbocycles. The average Bonchev–Trinajstić information content (AvgIpc) is 3.35. The van der Waals surface area contributed by atoms with Crippen LogP contribution < -0.4 is 4.90 Å². The number of aromatic nitrogens is 2. The van der Waals surface area contributed by atoms with Crippen LogP contribution >= 0.6 is 0 Å². The maximum absolute atomic E-state index is 13.1. The molecule has 1 amide bonds. The van der Waals surface area contributed by atoms with Crippen LogP contribution in [0.3, 0.4) is 0 Å². The van der Waals surface area contributed by atoms with Gasteiger partial charge in [-0.1, -0.05) is 60.7 Å². The van der Waals surface area contributed by atoms with Crippen LogP contribution in [-0.2, 0) is 17.8 Å². The van der Waals surface area contributed by atoms with Crippen LogP contribution in [0.5, 0.6) is 0 Å². The zero-order valence-electron chi connectivity index (χ0n) is 18.8. The molecule has 4 aromatic rings. The molecule has 4 heteroatoms. The molecular weight excluding hydrogens is 394 g/mol. The van der Waals surface area contributed by atoms with Crippen LogP contribution in [-0.4, -0.2) is 22.0 Å². The first-order valence-corrected chi connectivity index (χ1v) is 11.5. The maximum atomic E-state index is 13.1. The van der Waals surface area contributed by atoms with Crippen molar-refractivity contribution in [2.75, 3.05) is 11.4 Å². The summed E-state index contributed by atoms with van der Waals surface area (Å²) in [5.41, 5.74) is 6.89. The van der Waals surface area contributed by atoms with Gasteiger partial charge in [-0.05, 0) is 55.5 Å². The number of benzene rings is 3. The largest absolute Gasteiger partial charge is 0.328 e. The number of anilines is 1. The number of imidazole rings is 1. The molecule has 4 nitrogen and oxygen atoms in total. The lowest BCUT2D eigenvalue weighted by Gasteiger charge is -2.21. The lowest BCUT2D eigenvalue weighted by Crippen LogP contribution is -2.26. The minimum absolute atomic E-state index is 0.102. The summed E-state index contributed by atoms with van der Waals surface area (Å²) in [5.74, 6) is 1.34. The fourth-order valence-electron chi connectivity index (χ4n) is 5.05. The van der Waals surface area contributed by atoms with Crippen LogP contribution in [0.4, 0.5) is 5.69 Å². The Hall–Kier alpha value is -3.40. The van der Waals surface area contributed by atoms with E-state index in [1.165, 1.54) is 5.56 Å². The number of hydrogen-bond donors (Lipinski definition) is 0. The van der Waals surface area contributed by atoms with Gasteiger partial charge in [0.15, 0.2) is 0 Å². The van der Waals surface area contributed by atoms with Crippen LogP contribution in [0.2, 0.25) is 0 Å². The van der Waals surface area contributed by atoms with Gasteiger partial charge >= 0.3 is 0 Å². The fourth-order valence-corrected chi connectivity index (χ4v) is 5.05. The van der Waals surface area contributed by atoms with Gasteiger partial charge in [0, 0.05) is 31.1 Å². The van der Waals surface area contributed by atoms with E-state index in [0.29, 0.717) is 13.0 Å². The van der Waals surface area contributed by atoms with Gasteiger partial charge in [-0.15, -0.1) is 0 Å². The van der Waals surface area contributed by atoms with E-state index in [4.69, 9.17) is 4.98 Å². The van der Waals surface area contributed by atoms with Crippen LogP contribution in [0, 0.1) is 13.8 Å². The number of para-hydroxylation sites is 3. The molecule has 0 radical (unpaired) electrons. The molecule has 1 saturated heterocycles. The zero-order chi connectivity index (χ0) is 22.1. The number of aryl methyl sites for hydroxylation is 4. The lowest BCUT2D eigenvalue weighted by atomic mass is 10.1. The van der Waals surface area contributed by atoms with Gasteiger partial charge in [0.25, 0.3) is 0 Å². The molecule has 5 rings (SSSR count). The van der Waals surface area contributed by atoms with Crippen molar-refractivity contribution in [1.29, 1.82) is 0 Å². The number of rotatable bonds is 6. The SMILES string of the molecule is Cc1cccc(C)c1N1C[C@H](c2nc3ccccc3n2CCCc2ccccc2)CC1=O. The molecule has 1 fully saturated rings. The molecule has 0 N–H and O–H groups in total. The monoisotopic (exact) mass is 423 g/mol. The average molecular weight is 424 g/mol. The molecule has 32 heavy (non-hydrogen) atoms. The summed E-state index contributed by atoms with van der Waals surface area (Å²) in [6, 6.07) is 25.2. The van der Waals surface area contributed by atoms with Gasteiger partial charge in [0.05, 0.1) is 11.0 Å². The standard InChI is InChI=1S/C28H29N3O/c1-20-10-8-11-21(2)27(20)31-19-23(18-26(31)32)28-29-24-15-6-7-16-25(24)30(28)17-9-14-22-12-4-3-5-13-22/h3-8,10-13,15-16,23H,9,14,17-19H2,1-2H3/t23-/m1/s1. The molecule has 1 aliphatic heterocycles. The van der Waals surface area contributed by atoms with E-state index in [2.05, 4.69) is 85.1 Å². The van der Waals surface area contributed by atoms with Crippen LogP contribution in [0.1, 0.15) is 41.3 Å². The second-order valence-corrected chi connectivity index (χ2v) is 8.85. The van der Waals surface area contributed by atoms with Crippen LogP contribution in [0.15, 0.2) is 72.8 Å². The van der Waals surface area contributed by atoms with Crippen molar-refractivity contribution in [3.8, 4) is 0 Å². The summed E-state index contributed by atoms with van der Waals surface area (Å²) in [6.45, 7) is 5.76. The summed E-state index contributed by atoms with van der Waals surface area (Å²) in [5, 5.41) is 0. The van der Waals surface area contributed by atoms with Gasteiger partial charge < -0.3 is 9.47 Å². The molecule has 1 aliphatic rings. The molecule has 0 unspecified atom stereocenters. The topological polar surface area (TPSA) is 38.1 Å². The highest BCUT2D eigenvalue weighted by Crippen LogP contribution is 2.36. The summed E-state index contributed by atoms with van der Waals surface area (Å²) < 4.78 is 2.35. The quantitative estimate of drug-likeness (QED) is 0.393. The van der Waals surface area contributed by atoms with Crippen molar-refractivity contribution >= 4 is 22.6 Å². The third-order valence-corrected chi connectivity index (χ3v) is 6.57.